The smallest absolute Gasteiger partial charge is 0.212 e. The van der Waals surface area contributed by atoms with Crippen LogP contribution in [0.5, 0.6) is 5.88 Å². The molecule has 330 valence electrons. The van der Waals surface area contributed by atoms with Crippen LogP contribution < -0.4 is 4.74 Å². The third kappa shape index (κ3) is 12.3. The molecule has 2 aliphatic rings. The minimum Gasteiger partial charge on any atom is -0.481 e. The van der Waals surface area contributed by atoms with Crippen molar-refractivity contribution in [2.45, 2.75) is 165 Å². The van der Waals surface area contributed by atoms with Crippen LogP contribution in [0.3, 0.4) is 0 Å². The molecule has 0 N–H and O–H groups in total. The Kier molecular flexibility index (Phi) is 17.9. The van der Waals surface area contributed by atoms with Crippen LogP contribution in [0.4, 0.5) is 0 Å². The highest BCUT2D eigenvalue weighted by molar-refractivity contribution is 5.85. The molecule has 2 aromatic rings. The summed E-state index contributed by atoms with van der Waals surface area (Å²) in [6.45, 7) is 38.3. The number of pyridine rings is 1. The minimum atomic E-state index is -0.212. The molecule has 0 bridgehead atoms. The zero-order chi connectivity index (χ0) is 43.8. The molecule has 2 unspecified atom stereocenters. The van der Waals surface area contributed by atoms with Crippen molar-refractivity contribution >= 4 is 5.78 Å². The SMILES string of the molecule is C=C(CCCCCn1cc(-c2ccc(OC)nc2)nc1C)C[C@]1(C)[C@@H](CC)CC(=C)C(C)C(=O)C(C)[C@@H](O[C@@H]2C[C@H](C)C[C@H](N(C)C)C2)[C@@H](C)C[C@@H](C)C(=C)[C@H](C)[C@H]1C. The van der Waals surface area contributed by atoms with Crippen LogP contribution in [0.1, 0.15) is 139 Å². The van der Waals surface area contributed by atoms with Crippen LogP contribution in [-0.2, 0) is 16.1 Å². The lowest BCUT2D eigenvalue weighted by Gasteiger charge is -2.48. The third-order valence-corrected chi connectivity index (χ3v) is 15.4. The van der Waals surface area contributed by atoms with Crippen molar-refractivity contribution in [2.24, 2.45) is 52.8 Å². The van der Waals surface area contributed by atoms with Gasteiger partial charge in [0, 0.05) is 48.4 Å². The number of hydrogen-bond acceptors (Lipinski definition) is 6. The lowest BCUT2D eigenvalue weighted by atomic mass is 9.57. The maximum Gasteiger partial charge on any atom is 0.212 e. The predicted octanol–water partition coefficient (Wildman–Crippen LogP) is 12.6. The molecule has 12 atom stereocenters. The second-order valence-corrected chi connectivity index (χ2v) is 20.0. The average Bonchev–Trinajstić information content (AvgIpc) is 3.58. The first-order valence-electron chi connectivity index (χ1n) is 23.2. The quantitative estimate of drug-likeness (QED) is 0.140. The van der Waals surface area contributed by atoms with Gasteiger partial charge in [-0.3, -0.25) is 4.79 Å². The maximum atomic E-state index is 14.5. The molecule has 2 aromatic heterocycles. The summed E-state index contributed by atoms with van der Waals surface area (Å²) in [6, 6.07) is 4.40. The summed E-state index contributed by atoms with van der Waals surface area (Å²) in [5, 5.41) is 0. The Labute approximate surface area is 360 Å². The lowest BCUT2D eigenvalue weighted by Crippen LogP contribution is -2.45. The molecule has 7 nitrogen and oxygen atoms in total. The number of allylic oxidation sites excluding steroid dienone is 3. The van der Waals surface area contributed by atoms with E-state index in [-0.39, 0.29) is 41.2 Å². The summed E-state index contributed by atoms with van der Waals surface area (Å²) < 4.78 is 14.6. The number of aryl methyl sites for hydroxylation is 2. The molecule has 0 radical (unpaired) electrons. The minimum absolute atomic E-state index is 0.0199. The average molecular weight is 813 g/mol. The Bertz CT molecular complexity index is 1690. The van der Waals surface area contributed by atoms with Crippen molar-refractivity contribution in [1.29, 1.82) is 0 Å². The molecule has 4 rings (SSSR count). The van der Waals surface area contributed by atoms with Gasteiger partial charge in [0.1, 0.15) is 11.6 Å². The van der Waals surface area contributed by atoms with Gasteiger partial charge in [0.25, 0.3) is 0 Å². The molecule has 0 aromatic carbocycles. The van der Waals surface area contributed by atoms with E-state index in [1.165, 1.54) is 17.6 Å². The van der Waals surface area contributed by atoms with Gasteiger partial charge in [0.05, 0.1) is 25.0 Å². The van der Waals surface area contributed by atoms with Gasteiger partial charge in [-0.1, -0.05) is 112 Å². The van der Waals surface area contributed by atoms with Crippen LogP contribution in [0.2, 0.25) is 0 Å². The topological polar surface area (TPSA) is 69.5 Å². The van der Waals surface area contributed by atoms with Crippen molar-refractivity contribution in [3.8, 4) is 17.1 Å². The second-order valence-electron chi connectivity index (χ2n) is 20.0. The number of ether oxygens (including phenoxy) is 2. The van der Waals surface area contributed by atoms with E-state index in [0.717, 1.165) is 93.4 Å². The zero-order valence-electron chi connectivity index (χ0n) is 39.8. The van der Waals surface area contributed by atoms with E-state index in [4.69, 9.17) is 27.6 Å². The van der Waals surface area contributed by atoms with Crippen molar-refractivity contribution < 1.29 is 14.3 Å². The van der Waals surface area contributed by atoms with Crippen LogP contribution in [-0.4, -0.2) is 64.7 Å². The highest BCUT2D eigenvalue weighted by atomic mass is 16.5. The number of nitrogens with zero attached hydrogens (tertiary/aromatic N) is 4. The van der Waals surface area contributed by atoms with Crippen molar-refractivity contribution in [3.05, 3.63) is 66.8 Å². The number of hydrogen-bond donors (Lipinski definition) is 0. The fourth-order valence-corrected chi connectivity index (χ4v) is 10.9. The molecule has 0 saturated heterocycles. The van der Waals surface area contributed by atoms with E-state index in [9.17, 15) is 4.79 Å². The number of imidazole rings is 1. The summed E-state index contributed by atoms with van der Waals surface area (Å²) in [5.74, 6) is 3.74. The molecule has 2 fully saturated rings. The first kappa shape index (κ1) is 48.6. The Hall–Kier alpha value is -3.03. The number of carbonyl (C=O) groups excluding carboxylic acids is 1. The molecular formula is C52H84N4O3. The standard InChI is InChI=1S/C52H84N4O3/c1-17-45-28-36(5)39(8)50(57)41(10)51(59-47-26-34(3)25-46(29-47)55(14)15)37(6)27-35(4)38(7)40(9)42(11)52(45,13)30-33(2)21-19-18-20-24-56-32-48(54-43(56)12)44-22-23-49(58-16)53-31-44/h22-23,31-32,34-35,37,39-42,45-47,51H,2,5,7,17-21,24-30H2,1,3-4,6,8-16H3/t34-,35-,37+,39?,40+,41?,42-,45+,46+,47-,51+,52+/m1/s1. The van der Waals surface area contributed by atoms with Gasteiger partial charge in [-0.2, -0.15) is 0 Å². The number of rotatable bonds is 14. The number of methoxy groups -OCH3 is 1. The molecule has 7 heteroatoms. The highest BCUT2D eigenvalue weighted by Gasteiger charge is 2.44. The first-order valence-corrected chi connectivity index (χ1v) is 23.2. The molecule has 0 spiro atoms. The monoisotopic (exact) mass is 813 g/mol. The van der Waals surface area contributed by atoms with E-state index in [1.54, 1.807) is 7.11 Å². The number of unbranched alkanes of at least 4 members (excludes halogenated alkanes) is 2. The highest BCUT2D eigenvalue weighted by Crippen LogP contribution is 2.51. The number of aromatic nitrogens is 3. The summed E-state index contributed by atoms with van der Waals surface area (Å²) in [6.07, 6.45) is 15.5. The molecule has 2 heterocycles. The van der Waals surface area contributed by atoms with E-state index in [2.05, 4.69) is 111 Å². The summed E-state index contributed by atoms with van der Waals surface area (Å²) in [4.78, 5) is 26.1. The fourth-order valence-electron chi connectivity index (χ4n) is 10.9. The predicted molar refractivity (Wildman–Crippen MR) is 248 cm³/mol. The second kappa shape index (κ2) is 21.7. The molecular weight excluding hydrogens is 729 g/mol. The Balaban J connectivity index is 1.46. The number of carbonyl (C=O) groups is 1. The van der Waals surface area contributed by atoms with E-state index < -0.39 is 0 Å². The van der Waals surface area contributed by atoms with Gasteiger partial charge in [0.15, 0.2) is 0 Å². The van der Waals surface area contributed by atoms with Crippen LogP contribution >= 0.6 is 0 Å². The van der Waals surface area contributed by atoms with Gasteiger partial charge < -0.3 is 18.9 Å². The van der Waals surface area contributed by atoms with Gasteiger partial charge >= 0.3 is 0 Å². The Morgan fingerprint density at radius 2 is 1.69 bits per heavy atom. The first-order chi connectivity index (χ1) is 27.8. The summed E-state index contributed by atoms with van der Waals surface area (Å²) in [5.41, 5.74) is 5.66. The number of Topliss-reactive ketones (excluding diaryl/α,β-unsaturated/α-hetero) is 1. The van der Waals surface area contributed by atoms with Crippen LogP contribution in [0.25, 0.3) is 11.3 Å². The van der Waals surface area contributed by atoms with E-state index >= 15 is 0 Å². The Morgan fingerprint density at radius 1 is 0.983 bits per heavy atom. The lowest BCUT2D eigenvalue weighted by molar-refractivity contribution is -0.139. The maximum absolute atomic E-state index is 14.5. The van der Waals surface area contributed by atoms with E-state index in [1.807, 2.05) is 18.3 Å². The molecule has 0 aliphatic heterocycles. The normalized spacial score (nSPS) is 32.9. The Morgan fingerprint density at radius 3 is 2.32 bits per heavy atom. The molecule has 0 amide bonds. The van der Waals surface area contributed by atoms with Gasteiger partial charge in [-0.25, -0.2) is 9.97 Å². The summed E-state index contributed by atoms with van der Waals surface area (Å²) in [7, 11) is 6.01. The van der Waals surface area contributed by atoms with Crippen LogP contribution in [0, 0.1) is 59.7 Å². The van der Waals surface area contributed by atoms with Crippen molar-refractivity contribution in [2.75, 3.05) is 21.2 Å². The summed E-state index contributed by atoms with van der Waals surface area (Å²) >= 11 is 0. The van der Waals surface area contributed by atoms with Crippen molar-refractivity contribution in [3.63, 3.8) is 0 Å². The van der Waals surface area contributed by atoms with Crippen LogP contribution in [0.15, 0.2) is 61.0 Å². The van der Waals surface area contributed by atoms with E-state index in [0.29, 0.717) is 41.5 Å². The van der Waals surface area contributed by atoms with Crippen molar-refractivity contribution in [1.82, 2.24) is 19.4 Å². The van der Waals surface area contributed by atoms with Gasteiger partial charge in [-0.15, -0.1) is 0 Å². The van der Waals surface area contributed by atoms with Gasteiger partial charge in [0.2, 0.25) is 5.88 Å². The van der Waals surface area contributed by atoms with Gasteiger partial charge in [-0.05, 0) is 126 Å². The molecule has 2 aliphatic carbocycles. The zero-order valence-corrected chi connectivity index (χ0v) is 39.8. The number of ketones is 1. The fraction of sp³-hybridized carbons (Fsp3) is 0.712. The largest absolute Gasteiger partial charge is 0.481 e. The molecule has 59 heavy (non-hydrogen) atoms. The molecule has 2 saturated carbocycles. The third-order valence-electron chi connectivity index (χ3n) is 15.4.